The Morgan fingerprint density at radius 1 is 0.925 bits per heavy atom. The molecule has 0 saturated carbocycles. The molecule has 13 heteroatoms. The number of hydrogen-bond acceptors (Lipinski definition) is 4. The fourth-order valence-electron chi connectivity index (χ4n) is 4.26. The smallest absolute Gasteiger partial charge is 0.358 e. The number of halogens is 7. The predicted octanol–water partition coefficient (Wildman–Crippen LogP) is 7.56. The van der Waals surface area contributed by atoms with Crippen molar-refractivity contribution in [1.29, 1.82) is 0 Å². The monoisotopic (exact) mass is 561 g/mol. The van der Waals surface area contributed by atoms with Crippen LogP contribution in [0.15, 0.2) is 72.8 Å². The van der Waals surface area contributed by atoms with E-state index in [-0.39, 0.29) is 18.2 Å². The van der Waals surface area contributed by atoms with Gasteiger partial charge in [0.1, 0.15) is 17.8 Å². The largest absolute Gasteiger partial charge is 0.416 e. The summed E-state index contributed by atoms with van der Waals surface area (Å²) in [5, 5.41) is 6.02. The second-order valence-electron chi connectivity index (χ2n) is 8.86. The minimum atomic E-state index is -5.14. The number of carbonyl (C=O) groups is 1. The number of rotatable bonds is 5. The lowest BCUT2D eigenvalue weighted by molar-refractivity contribution is -0.143. The Morgan fingerprint density at radius 3 is 2.35 bits per heavy atom. The van der Waals surface area contributed by atoms with Crippen LogP contribution in [0.25, 0.3) is 16.6 Å². The van der Waals surface area contributed by atoms with Gasteiger partial charge in [0.05, 0.1) is 22.5 Å². The lowest BCUT2D eigenvalue weighted by Gasteiger charge is -2.19. The van der Waals surface area contributed by atoms with Crippen molar-refractivity contribution in [1.82, 2.24) is 15.0 Å². The molecule has 0 radical (unpaired) electrons. The molecule has 4 aromatic rings. The number of carbonyl (C=O) groups excluding carboxylic acids is 1. The Bertz CT molecular complexity index is 1640. The minimum Gasteiger partial charge on any atom is -0.358 e. The molecule has 0 spiro atoms. The maximum Gasteiger partial charge on any atom is 0.416 e. The Morgan fingerprint density at radius 2 is 1.65 bits per heavy atom. The maximum atomic E-state index is 14.6. The second kappa shape index (κ2) is 10.1. The summed E-state index contributed by atoms with van der Waals surface area (Å²) in [5.74, 6) is -2.28. The number of H-pyrrole nitrogens is 1. The van der Waals surface area contributed by atoms with Crippen LogP contribution >= 0.6 is 0 Å². The molecule has 2 aromatic carbocycles. The van der Waals surface area contributed by atoms with Crippen LogP contribution in [0, 0.1) is 5.82 Å². The molecule has 0 atom stereocenters. The highest BCUT2D eigenvalue weighted by atomic mass is 19.4. The van der Waals surface area contributed by atoms with Crippen LogP contribution in [0.2, 0.25) is 0 Å². The number of allylic oxidation sites excluding steroid dienone is 4. The molecule has 3 N–H and O–H groups in total. The fourth-order valence-corrected chi connectivity index (χ4v) is 4.26. The zero-order valence-electron chi connectivity index (χ0n) is 20.2. The van der Waals surface area contributed by atoms with Gasteiger partial charge >= 0.3 is 12.4 Å². The summed E-state index contributed by atoms with van der Waals surface area (Å²) in [5.41, 5.74) is -1.62. The molecule has 2 aromatic heterocycles. The number of amides is 1. The minimum absolute atomic E-state index is 0.0925. The van der Waals surface area contributed by atoms with Gasteiger partial charge in [0.2, 0.25) is 0 Å². The highest BCUT2D eigenvalue weighted by Crippen LogP contribution is 2.37. The zero-order chi connectivity index (χ0) is 28.7. The van der Waals surface area contributed by atoms with Crippen LogP contribution in [0.3, 0.4) is 0 Å². The van der Waals surface area contributed by atoms with Gasteiger partial charge in [-0.2, -0.15) is 26.3 Å². The van der Waals surface area contributed by atoms with Crippen molar-refractivity contribution in [2.45, 2.75) is 25.2 Å². The number of aromatic nitrogens is 3. The Hall–Kier alpha value is -4.68. The van der Waals surface area contributed by atoms with Gasteiger partial charge in [-0.3, -0.25) is 4.79 Å². The lowest BCUT2D eigenvalue weighted by atomic mass is 9.98. The first-order valence-electron chi connectivity index (χ1n) is 11.8. The highest BCUT2D eigenvalue weighted by Gasteiger charge is 2.37. The van der Waals surface area contributed by atoms with E-state index in [1.807, 2.05) is 18.2 Å². The molecule has 1 aliphatic carbocycles. The van der Waals surface area contributed by atoms with E-state index in [2.05, 4.69) is 25.6 Å². The first kappa shape index (κ1) is 26.9. The third kappa shape index (κ3) is 5.53. The normalized spacial score (nSPS) is 14.1. The van der Waals surface area contributed by atoms with Crippen molar-refractivity contribution in [3.8, 4) is 0 Å². The number of nitrogens with zero attached hydrogens (tertiary/aromatic N) is 2. The summed E-state index contributed by atoms with van der Waals surface area (Å²) in [4.78, 5) is 24.3. The van der Waals surface area contributed by atoms with E-state index in [1.54, 1.807) is 6.20 Å². The number of nitrogens with one attached hydrogen (secondary N) is 3. The lowest BCUT2D eigenvalue weighted by Crippen LogP contribution is -2.18. The molecule has 1 amide bonds. The van der Waals surface area contributed by atoms with Gasteiger partial charge in [0.25, 0.3) is 5.91 Å². The molecule has 0 aliphatic heterocycles. The number of alkyl halides is 6. The molecular weight excluding hydrogens is 543 g/mol. The number of hydrogen-bond donors (Lipinski definition) is 3. The Kier molecular flexibility index (Phi) is 6.82. The van der Waals surface area contributed by atoms with Crippen molar-refractivity contribution < 1.29 is 35.5 Å². The molecular formula is C27H18F7N5O. The highest BCUT2D eigenvalue weighted by molar-refractivity contribution is 6.05. The Balaban J connectivity index is 1.46. The van der Waals surface area contributed by atoms with Crippen LogP contribution in [0.4, 0.5) is 42.1 Å². The van der Waals surface area contributed by atoms with Crippen molar-refractivity contribution in [3.05, 3.63) is 101 Å². The molecule has 0 bridgehead atoms. The van der Waals surface area contributed by atoms with E-state index in [0.717, 1.165) is 22.7 Å². The summed E-state index contributed by atoms with van der Waals surface area (Å²) in [6.07, 6.45) is -2.06. The average molecular weight is 561 g/mol. The van der Waals surface area contributed by atoms with E-state index in [4.69, 9.17) is 0 Å². The van der Waals surface area contributed by atoms with Crippen molar-refractivity contribution in [3.63, 3.8) is 0 Å². The van der Waals surface area contributed by atoms with Gasteiger partial charge in [-0.05, 0) is 55.3 Å². The van der Waals surface area contributed by atoms with E-state index in [1.165, 1.54) is 18.5 Å². The molecule has 40 heavy (non-hydrogen) atoms. The molecule has 5 rings (SSSR count). The van der Waals surface area contributed by atoms with E-state index >= 15 is 0 Å². The van der Waals surface area contributed by atoms with Crippen LogP contribution < -0.4 is 10.6 Å². The summed E-state index contributed by atoms with van der Waals surface area (Å²) < 4.78 is 93.8. The summed E-state index contributed by atoms with van der Waals surface area (Å²) >= 11 is 0. The predicted molar refractivity (Wildman–Crippen MR) is 134 cm³/mol. The number of fused-ring (bicyclic) bond motifs is 1. The summed E-state index contributed by atoms with van der Waals surface area (Å²) in [6, 6.07) is 5.87. The molecule has 1 aliphatic rings. The topological polar surface area (TPSA) is 82.7 Å². The molecule has 0 unspecified atom stereocenters. The van der Waals surface area contributed by atoms with E-state index < -0.39 is 46.5 Å². The molecule has 206 valence electrons. The number of anilines is 2. The first-order valence-corrected chi connectivity index (χ1v) is 11.8. The molecule has 0 saturated heterocycles. The Labute approximate surface area is 221 Å². The van der Waals surface area contributed by atoms with Gasteiger partial charge in [0.15, 0.2) is 0 Å². The van der Waals surface area contributed by atoms with Crippen LogP contribution in [-0.4, -0.2) is 20.9 Å². The quantitative estimate of drug-likeness (QED) is 0.220. The second-order valence-corrected chi connectivity index (χ2v) is 8.86. The van der Waals surface area contributed by atoms with Crippen molar-refractivity contribution in [2.75, 3.05) is 10.6 Å². The van der Waals surface area contributed by atoms with Gasteiger partial charge < -0.3 is 15.6 Å². The van der Waals surface area contributed by atoms with E-state index in [9.17, 15) is 35.5 Å². The van der Waals surface area contributed by atoms with Gasteiger partial charge in [-0.25, -0.2) is 14.4 Å². The standard InChI is InChI=1S/C27H18F7N5O/c28-20-6-5-17(38-21-4-2-1-3-18(21)23-19-7-8-35-24(19)37-13-36-23)12-22(20)39-25(40)14-9-15(26(29,30)31)11-16(10-14)27(32,33)34/h1,3,5-13,38H,2,4H2,(H,39,40)(H,35,36,37). The van der Waals surface area contributed by atoms with Crippen LogP contribution in [0.1, 0.15) is 40.0 Å². The molecule has 6 nitrogen and oxygen atoms in total. The first-order chi connectivity index (χ1) is 18.9. The maximum absolute atomic E-state index is 14.6. The third-order valence-corrected chi connectivity index (χ3v) is 6.14. The van der Waals surface area contributed by atoms with Crippen LogP contribution in [-0.2, 0) is 12.4 Å². The third-order valence-electron chi connectivity index (χ3n) is 6.14. The SMILES string of the molecule is O=C(Nc1cc(NC2=C(c3ncnc4[nH]ccc34)C=CCC2)ccc1F)c1cc(C(F)(F)F)cc(C(F)(F)F)c1. The van der Waals surface area contributed by atoms with Crippen molar-refractivity contribution in [2.24, 2.45) is 0 Å². The summed E-state index contributed by atoms with van der Waals surface area (Å²) in [7, 11) is 0. The van der Waals surface area contributed by atoms with Crippen molar-refractivity contribution >= 4 is 33.9 Å². The van der Waals surface area contributed by atoms with Crippen LogP contribution in [0.5, 0.6) is 0 Å². The summed E-state index contributed by atoms with van der Waals surface area (Å²) in [6.45, 7) is 0. The average Bonchev–Trinajstić information content (AvgIpc) is 3.39. The number of benzene rings is 2. The van der Waals surface area contributed by atoms with Gasteiger partial charge in [-0.1, -0.05) is 12.2 Å². The molecule has 0 fully saturated rings. The zero-order valence-corrected chi connectivity index (χ0v) is 20.2. The fraction of sp³-hybridized carbons (Fsp3) is 0.148. The van der Waals surface area contributed by atoms with Gasteiger partial charge in [-0.15, -0.1) is 0 Å². The molecule has 2 heterocycles. The van der Waals surface area contributed by atoms with E-state index in [0.29, 0.717) is 29.9 Å². The number of aromatic amines is 1. The van der Waals surface area contributed by atoms with Gasteiger partial charge in [0, 0.05) is 34.1 Å².